The zero-order valence-electron chi connectivity index (χ0n) is 11.1. The number of rotatable bonds is 8. The second-order valence-electron chi connectivity index (χ2n) is 4.12. The van der Waals surface area contributed by atoms with Crippen LogP contribution >= 0.6 is 0 Å². The van der Waals surface area contributed by atoms with Crippen LogP contribution in [0.15, 0.2) is 34.0 Å². The van der Waals surface area contributed by atoms with E-state index < -0.39 is 10.0 Å². The number of furan rings is 1. The minimum Gasteiger partial charge on any atom is -0.447 e. The van der Waals surface area contributed by atoms with Crippen LogP contribution in [0.2, 0.25) is 0 Å². The molecule has 2 aromatic heterocycles. The first-order chi connectivity index (χ1) is 9.62. The van der Waals surface area contributed by atoms with Gasteiger partial charge in [0.1, 0.15) is 5.76 Å². The molecule has 9 heteroatoms. The van der Waals surface area contributed by atoms with Crippen LogP contribution in [-0.4, -0.2) is 37.0 Å². The third-order valence-corrected chi connectivity index (χ3v) is 3.97. The smallest absolute Gasteiger partial charge is 0.273 e. The third kappa shape index (κ3) is 3.89. The molecule has 0 aliphatic rings. The molecule has 0 saturated carbocycles. The molecular formula is C11H17N5O3S. The first kappa shape index (κ1) is 14.7. The molecule has 2 heterocycles. The van der Waals surface area contributed by atoms with Crippen LogP contribution in [-0.2, 0) is 23.1 Å². The number of aryl methyl sites for hydroxylation is 1. The number of nitrogens with zero attached hydrogens (tertiary/aromatic N) is 3. The Kier molecular flexibility index (Phi) is 4.88. The van der Waals surface area contributed by atoms with Gasteiger partial charge in [0.05, 0.1) is 12.7 Å². The largest absolute Gasteiger partial charge is 0.447 e. The molecule has 2 aromatic rings. The fourth-order valence-electron chi connectivity index (χ4n) is 1.63. The molecule has 2 rings (SSSR count). The number of aromatic nitrogens is 3. The van der Waals surface area contributed by atoms with Crippen LogP contribution in [0.1, 0.15) is 12.2 Å². The molecule has 0 amide bonds. The molecule has 0 aliphatic heterocycles. The van der Waals surface area contributed by atoms with E-state index in [1.54, 1.807) is 23.1 Å². The van der Waals surface area contributed by atoms with Crippen molar-refractivity contribution in [3.63, 3.8) is 0 Å². The van der Waals surface area contributed by atoms with E-state index in [1.807, 2.05) is 0 Å². The Morgan fingerprint density at radius 1 is 1.40 bits per heavy atom. The SMILES string of the molecule is CNS(=O)(=O)c1ccc(CNCCCn2ccnn2)o1. The van der Waals surface area contributed by atoms with Crippen LogP contribution in [0.3, 0.4) is 0 Å². The van der Waals surface area contributed by atoms with Crippen molar-refractivity contribution < 1.29 is 12.8 Å². The van der Waals surface area contributed by atoms with Crippen LogP contribution in [0.5, 0.6) is 0 Å². The van der Waals surface area contributed by atoms with E-state index in [2.05, 4.69) is 20.4 Å². The summed E-state index contributed by atoms with van der Waals surface area (Å²) in [5.74, 6) is 0.583. The molecule has 20 heavy (non-hydrogen) atoms. The van der Waals surface area contributed by atoms with E-state index in [0.717, 1.165) is 19.5 Å². The molecule has 2 N–H and O–H groups in total. The summed E-state index contributed by atoms with van der Waals surface area (Å²) in [4.78, 5) is 0. The standard InChI is InChI=1S/C11H17N5O3S/c1-12-20(17,18)11-4-3-10(19-11)9-13-5-2-7-16-8-6-14-15-16/h3-4,6,8,12-13H,2,5,7,9H2,1H3. The molecule has 0 fully saturated rings. The Labute approximate surface area is 117 Å². The molecule has 110 valence electrons. The first-order valence-electron chi connectivity index (χ1n) is 6.19. The van der Waals surface area contributed by atoms with Crippen molar-refractivity contribution in [3.8, 4) is 0 Å². The summed E-state index contributed by atoms with van der Waals surface area (Å²) in [6, 6.07) is 3.09. The van der Waals surface area contributed by atoms with Crippen LogP contribution in [0, 0.1) is 0 Å². The summed E-state index contributed by atoms with van der Waals surface area (Å²) in [7, 11) is -2.16. The summed E-state index contributed by atoms with van der Waals surface area (Å²) < 4.78 is 32.2. The van der Waals surface area contributed by atoms with Gasteiger partial charge in [0.15, 0.2) is 0 Å². The quantitative estimate of drug-likeness (QED) is 0.663. The molecule has 0 bridgehead atoms. The van der Waals surface area contributed by atoms with Gasteiger partial charge in [-0.1, -0.05) is 5.21 Å². The Bertz CT molecular complexity index is 620. The van der Waals surface area contributed by atoms with Gasteiger partial charge in [-0.25, -0.2) is 13.1 Å². The molecular weight excluding hydrogens is 282 g/mol. The summed E-state index contributed by atoms with van der Waals surface area (Å²) >= 11 is 0. The van der Waals surface area contributed by atoms with E-state index in [0.29, 0.717) is 12.3 Å². The van der Waals surface area contributed by atoms with Gasteiger partial charge < -0.3 is 9.73 Å². The minimum absolute atomic E-state index is 0.0700. The van der Waals surface area contributed by atoms with E-state index >= 15 is 0 Å². The molecule has 0 aromatic carbocycles. The van der Waals surface area contributed by atoms with E-state index in [4.69, 9.17) is 4.42 Å². The van der Waals surface area contributed by atoms with Gasteiger partial charge in [-0.2, -0.15) is 0 Å². The number of hydrogen-bond donors (Lipinski definition) is 2. The fourth-order valence-corrected chi connectivity index (χ4v) is 2.29. The predicted molar refractivity (Wildman–Crippen MR) is 71.3 cm³/mol. The van der Waals surface area contributed by atoms with Gasteiger partial charge in [-0.15, -0.1) is 5.10 Å². The highest BCUT2D eigenvalue weighted by molar-refractivity contribution is 7.89. The Hall–Kier alpha value is -1.71. The highest BCUT2D eigenvalue weighted by Gasteiger charge is 2.15. The van der Waals surface area contributed by atoms with E-state index in [-0.39, 0.29) is 5.09 Å². The Morgan fingerprint density at radius 3 is 2.95 bits per heavy atom. The van der Waals surface area contributed by atoms with Gasteiger partial charge in [0, 0.05) is 12.7 Å². The highest BCUT2D eigenvalue weighted by Crippen LogP contribution is 2.12. The molecule has 0 saturated heterocycles. The Morgan fingerprint density at radius 2 is 2.25 bits per heavy atom. The van der Waals surface area contributed by atoms with Crippen molar-refractivity contribution >= 4 is 10.0 Å². The predicted octanol–water partition coefficient (Wildman–Crippen LogP) is -0.0409. The van der Waals surface area contributed by atoms with Gasteiger partial charge in [0.25, 0.3) is 10.0 Å². The van der Waals surface area contributed by atoms with Crippen LogP contribution in [0.25, 0.3) is 0 Å². The highest BCUT2D eigenvalue weighted by atomic mass is 32.2. The van der Waals surface area contributed by atoms with E-state index in [9.17, 15) is 8.42 Å². The van der Waals surface area contributed by atoms with Crippen molar-refractivity contribution in [3.05, 3.63) is 30.3 Å². The van der Waals surface area contributed by atoms with Crippen molar-refractivity contribution in [2.75, 3.05) is 13.6 Å². The zero-order chi connectivity index (χ0) is 14.4. The maximum absolute atomic E-state index is 11.5. The van der Waals surface area contributed by atoms with E-state index in [1.165, 1.54) is 13.1 Å². The van der Waals surface area contributed by atoms with Crippen LogP contribution in [0.4, 0.5) is 0 Å². The Balaban J connectivity index is 1.72. The topological polar surface area (TPSA) is 102 Å². The van der Waals surface area contributed by atoms with Gasteiger partial charge in [-0.3, -0.25) is 4.68 Å². The molecule has 0 radical (unpaired) electrons. The average Bonchev–Trinajstić information content (AvgIpc) is 3.09. The lowest BCUT2D eigenvalue weighted by Gasteiger charge is -2.03. The maximum atomic E-state index is 11.5. The lowest BCUT2D eigenvalue weighted by molar-refractivity contribution is 0.398. The normalized spacial score (nSPS) is 11.8. The van der Waals surface area contributed by atoms with Crippen molar-refractivity contribution in [2.45, 2.75) is 24.6 Å². The molecule has 0 aliphatic carbocycles. The van der Waals surface area contributed by atoms with Crippen LogP contribution < -0.4 is 10.0 Å². The fraction of sp³-hybridized carbons (Fsp3) is 0.455. The summed E-state index contributed by atoms with van der Waals surface area (Å²) in [5.41, 5.74) is 0. The molecule has 8 nitrogen and oxygen atoms in total. The number of nitrogens with one attached hydrogen (secondary N) is 2. The summed E-state index contributed by atoms with van der Waals surface area (Å²) in [6.45, 7) is 2.04. The summed E-state index contributed by atoms with van der Waals surface area (Å²) in [5, 5.41) is 10.7. The number of hydrogen-bond acceptors (Lipinski definition) is 6. The van der Waals surface area contributed by atoms with Gasteiger partial charge >= 0.3 is 0 Å². The van der Waals surface area contributed by atoms with Gasteiger partial charge in [0.2, 0.25) is 5.09 Å². The average molecular weight is 299 g/mol. The first-order valence-corrected chi connectivity index (χ1v) is 7.67. The number of sulfonamides is 1. The van der Waals surface area contributed by atoms with Crippen molar-refractivity contribution in [1.29, 1.82) is 0 Å². The second kappa shape index (κ2) is 6.64. The lowest BCUT2D eigenvalue weighted by atomic mass is 10.4. The lowest BCUT2D eigenvalue weighted by Crippen LogP contribution is -2.18. The zero-order valence-corrected chi connectivity index (χ0v) is 11.9. The maximum Gasteiger partial charge on any atom is 0.273 e. The third-order valence-electron chi connectivity index (χ3n) is 2.68. The van der Waals surface area contributed by atoms with Gasteiger partial charge in [-0.05, 0) is 32.1 Å². The monoisotopic (exact) mass is 299 g/mol. The second-order valence-corrected chi connectivity index (χ2v) is 5.94. The minimum atomic E-state index is -3.51. The molecule has 0 atom stereocenters. The van der Waals surface area contributed by atoms with Crippen molar-refractivity contribution in [2.24, 2.45) is 0 Å². The molecule has 0 spiro atoms. The van der Waals surface area contributed by atoms with Crippen molar-refractivity contribution in [1.82, 2.24) is 25.0 Å². The molecule has 0 unspecified atom stereocenters. The summed E-state index contributed by atoms with van der Waals surface area (Å²) in [6.07, 6.45) is 4.34.